The maximum absolute atomic E-state index is 13.4. The molecule has 0 aliphatic heterocycles. The Labute approximate surface area is 330 Å². The molecule has 0 saturated heterocycles. The molecule has 4 aliphatic rings. The summed E-state index contributed by atoms with van der Waals surface area (Å²) >= 11 is 0. The maximum atomic E-state index is 13.4. The van der Waals surface area contributed by atoms with Gasteiger partial charge in [-0.15, -0.1) is 0 Å². The summed E-state index contributed by atoms with van der Waals surface area (Å²) in [6.07, 6.45) is 11.3. The predicted octanol–water partition coefficient (Wildman–Crippen LogP) is 4.92. The van der Waals surface area contributed by atoms with Gasteiger partial charge in [0.2, 0.25) is 5.91 Å². The van der Waals surface area contributed by atoms with Crippen molar-refractivity contribution in [3.8, 4) is 0 Å². The summed E-state index contributed by atoms with van der Waals surface area (Å²) in [5, 5.41) is 11.5. The van der Waals surface area contributed by atoms with Gasteiger partial charge in [0.05, 0.1) is 0 Å². The van der Waals surface area contributed by atoms with Crippen LogP contribution in [-0.4, -0.2) is 88.3 Å². The van der Waals surface area contributed by atoms with E-state index >= 15 is 0 Å². The number of hydrogen-bond donors (Lipinski definition) is 7. The van der Waals surface area contributed by atoms with E-state index in [2.05, 4.69) is 49.0 Å². The highest BCUT2D eigenvalue weighted by Gasteiger charge is 2.68. The van der Waals surface area contributed by atoms with E-state index in [9.17, 15) is 19.2 Å². The van der Waals surface area contributed by atoms with Gasteiger partial charge in [-0.3, -0.25) is 4.79 Å². The van der Waals surface area contributed by atoms with Gasteiger partial charge in [-0.25, -0.2) is 14.4 Å². The van der Waals surface area contributed by atoms with Crippen molar-refractivity contribution in [2.45, 2.75) is 142 Å². The number of nitrogens with two attached hydrogens (primary N) is 3. The second kappa shape index (κ2) is 21.6. The lowest BCUT2D eigenvalue weighted by molar-refractivity contribution is -0.206. The van der Waals surface area contributed by atoms with Gasteiger partial charge >= 0.3 is 18.3 Å². The fourth-order valence-electron chi connectivity index (χ4n) is 11.3. The van der Waals surface area contributed by atoms with Crippen molar-refractivity contribution in [1.82, 2.24) is 21.3 Å². The summed E-state index contributed by atoms with van der Waals surface area (Å²) in [6.45, 7) is 11.7. The van der Waals surface area contributed by atoms with Gasteiger partial charge in [0, 0.05) is 63.6 Å². The average molecular weight is 778 g/mol. The van der Waals surface area contributed by atoms with Crippen molar-refractivity contribution < 1.29 is 33.4 Å². The number of alkyl carbamates (subject to hydrolysis) is 3. The number of carbonyl (C=O) groups excluding carboxylic acids is 4. The molecular formula is C41H75N7O7. The zero-order valence-electron chi connectivity index (χ0n) is 34.3. The molecule has 14 nitrogen and oxygen atoms in total. The lowest BCUT2D eigenvalue weighted by Crippen LogP contribution is -2.64. The van der Waals surface area contributed by atoms with Crippen LogP contribution in [0.25, 0.3) is 0 Å². The van der Waals surface area contributed by atoms with E-state index in [1.54, 1.807) is 0 Å². The molecular weight excluding hydrogens is 702 g/mol. The largest absolute Gasteiger partial charge is 0.446 e. The molecule has 4 fully saturated rings. The fraction of sp³-hybridized carbons (Fsp3) is 0.902. The molecule has 0 unspecified atom stereocenters. The predicted molar refractivity (Wildman–Crippen MR) is 213 cm³/mol. The van der Waals surface area contributed by atoms with E-state index in [0.717, 1.165) is 44.9 Å². The number of amides is 4. The molecule has 10 N–H and O–H groups in total. The van der Waals surface area contributed by atoms with Crippen molar-refractivity contribution in [3.63, 3.8) is 0 Å². The third kappa shape index (κ3) is 11.4. The van der Waals surface area contributed by atoms with E-state index < -0.39 is 23.7 Å². The lowest BCUT2D eigenvalue weighted by Gasteiger charge is -2.64. The Bertz CT molecular complexity index is 1240. The van der Waals surface area contributed by atoms with Crippen molar-refractivity contribution in [2.75, 3.05) is 45.8 Å². The summed E-state index contributed by atoms with van der Waals surface area (Å²) < 4.78 is 18.7. The van der Waals surface area contributed by atoms with Gasteiger partial charge < -0.3 is 52.7 Å². The molecule has 316 valence electrons. The molecule has 0 aromatic rings. The molecule has 0 bridgehead atoms. The maximum Gasteiger partial charge on any atom is 0.407 e. The molecule has 4 rings (SSSR count). The molecule has 55 heavy (non-hydrogen) atoms. The molecule has 4 aliphatic carbocycles. The van der Waals surface area contributed by atoms with Crippen LogP contribution in [0.15, 0.2) is 0 Å². The van der Waals surface area contributed by atoms with E-state index in [4.69, 9.17) is 31.4 Å². The van der Waals surface area contributed by atoms with E-state index in [0.29, 0.717) is 71.5 Å². The summed E-state index contributed by atoms with van der Waals surface area (Å²) in [6, 6.07) is 0. The standard InChI is InChI=1S/C41H75N7O7/c1-5-6-7-8-9-10-20-45-35(49)14-11-27(2)30-12-13-31-36-32(26-34(41(30,31)4)55-39(52)48-23-19-44)40(3)16-15-29(53-37(50)46-21-17-42)24-28(40)25-33(36)54-38(51)47-22-18-43/h27-34,36H,5-26,42-44H2,1-4H3,(H,45,49)(H,46,50)(H,47,51)(H,48,52)/t27-,28+,29-,30-,31+,32+,33-,34+,36+,40+,41-/m1/s1. The van der Waals surface area contributed by atoms with Gasteiger partial charge in [-0.2, -0.15) is 0 Å². The normalized spacial score (nSPS) is 32.9. The van der Waals surface area contributed by atoms with Gasteiger partial charge in [0.25, 0.3) is 0 Å². The monoisotopic (exact) mass is 778 g/mol. The first kappa shape index (κ1) is 44.9. The molecule has 0 spiro atoms. The van der Waals surface area contributed by atoms with E-state index in [1.165, 1.54) is 25.7 Å². The Morgan fingerprint density at radius 2 is 1.33 bits per heavy atom. The minimum Gasteiger partial charge on any atom is -0.446 e. The van der Waals surface area contributed by atoms with Crippen LogP contribution in [0.3, 0.4) is 0 Å². The van der Waals surface area contributed by atoms with Gasteiger partial charge in [-0.1, -0.05) is 59.8 Å². The van der Waals surface area contributed by atoms with Crippen LogP contribution < -0.4 is 38.5 Å². The minimum absolute atomic E-state index is 0.0463. The first-order valence-electron chi connectivity index (χ1n) is 21.6. The van der Waals surface area contributed by atoms with Crippen molar-refractivity contribution >= 4 is 24.2 Å². The van der Waals surface area contributed by atoms with Crippen LogP contribution in [0.5, 0.6) is 0 Å². The first-order valence-corrected chi connectivity index (χ1v) is 21.6. The average Bonchev–Trinajstić information content (AvgIpc) is 3.52. The van der Waals surface area contributed by atoms with Crippen LogP contribution in [0.4, 0.5) is 14.4 Å². The molecule has 0 heterocycles. The van der Waals surface area contributed by atoms with Gasteiger partial charge in [0.15, 0.2) is 0 Å². The highest BCUT2D eigenvalue weighted by molar-refractivity contribution is 5.75. The second-order valence-corrected chi connectivity index (χ2v) is 17.4. The van der Waals surface area contributed by atoms with Gasteiger partial charge in [-0.05, 0) is 92.8 Å². The number of ether oxygens (including phenoxy) is 3. The van der Waals surface area contributed by atoms with Crippen molar-refractivity contribution in [3.05, 3.63) is 0 Å². The number of unbranched alkanes of at least 4 members (excludes halogenated alkanes) is 5. The number of fused-ring (bicyclic) bond motifs is 5. The van der Waals surface area contributed by atoms with Gasteiger partial charge in [0.1, 0.15) is 18.3 Å². The molecule has 0 aromatic carbocycles. The summed E-state index contributed by atoms with van der Waals surface area (Å²) in [5.41, 5.74) is 16.5. The second-order valence-electron chi connectivity index (χ2n) is 17.4. The molecule has 0 aromatic heterocycles. The Kier molecular flexibility index (Phi) is 17.6. The fourth-order valence-corrected chi connectivity index (χ4v) is 11.3. The number of nitrogens with one attached hydrogen (secondary N) is 4. The molecule has 0 radical (unpaired) electrons. The van der Waals surface area contributed by atoms with Crippen LogP contribution in [-0.2, 0) is 19.0 Å². The lowest BCUT2D eigenvalue weighted by atomic mass is 9.43. The van der Waals surface area contributed by atoms with E-state index in [1.807, 2.05) is 0 Å². The third-order valence-electron chi connectivity index (χ3n) is 14.1. The van der Waals surface area contributed by atoms with Crippen molar-refractivity contribution in [2.24, 2.45) is 63.5 Å². The Morgan fingerprint density at radius 3 is 1.98 bits per heavy atom. The Balaban J connectivity index is 1.57. The Morgan fingerprint density at radius 1 is 0.709 bits per heavy atom. The third-order valence-corrected chi connectivity index (χ3v) is 14.1. The highest BCUT2D eigenvalue weighted by Crippen LogP contribution is 2.69. The summed E-state index contributed by atoms with van der Waals surface area (Å²) in [4.78, 5) is 52.1. The molecule has 11 atom stereocenters. The Hall–Kier alpha value is -2.84. The zero-order chi connectivity index (χ0) is 40.0. The molecule has 14 heteroatoms. The molecule has 4 amide bonds. The highest BCUT2D eigenvalue weighted by atomic mass is 16.6. The smallest absolute Gasteiger partial charge is 0.407 e. The van der Waals surface area contributed by atoms with Crippen LogP contribution in [0.2, 0.25) is 0 Å². The van der Waals surface area contributed by atoms with Crippen LogP contribution in [0, 0.1) is 46.3 Å². The summed E-state index contributed by atoms with van der Waals surface area (Å²) in [7, 11) is 0. The SMILES string of the molecule is CCCCCCCCNC(=O)CC[C@@H](C)[C@H]1CC[C@H]2[C@@H]3[C@H](OC(=O)NCCN)C[C@@H]4C[C@H](OC(=O)NCCN)CC[C@]4(C)[C@H]3C[C@H](OC(=O)NCCN)[C@]12C. The van der Waals surface area contributed by atoms with Crippen LogP contribution >= 0.6 is 0 Å². The molecule has 4 saturated carbocycles. The first-order chi connectivity index (χ1) is 26.4. The number of carbonyl (C=O) groups is 4. The van der Waals surface area contributed by atoms with Crippen molar-refractivity contribution in [1.29, 1.82) is 0 Å². The quantitative estimate of drug-likeness (QED) is 0.0653. The van der Waals surface area contributed by atoms with Crippen LogP contribution in [0.1, 0.15) is 124 Å². The zero-order valence-corrected chi connectivity index (χ0v) is 34.3. The topological polar surface area (TPSA) is 222 Å². The summed E-state index contributed by atoms with van der Waals surface area (Å²) in [5.74, 6) is 0.880. The number of hydrogen-bond acceptors (Lipinski definition) is 10. The van der Waals surface area contributed by atoms with E-state index in [-0.39, 0.29) is 65.1 Å². The minimum atomic E-state index is -0.473. The number of rotatable bonds is 20.